The third kappa shape index (κ3) is 5.06. The minimum atomic E-state index is -3.53. The predicted molar refractivity (Wildman–Crippen MR) is 47.0 cm³/mol. The Labute approximate surface area is 80.4 Å². The Morgan fingerprint density at radius 2 is 1.69 bits per heavy atom. The van der Waals surface area contributed by atoms with Crippen molar-refractivity contribution in [3.05, 3.63) is 30.3 Å². The second-order valence-corrected chi connectivity index (χ2v) is 4.42. The third-order valence-electron chi connectivity index (χ3n) is 1.02. The number of aliphatic hydroxyl groups excluding tert-OH is 1. The average molecular weight is 220 g/mol. The van der Waals surface area contributed by atoms with Crippen molar-refractivity contribution in [2.24, 2.45) is 0 Å². The number of rotatable bonds is 1. The fourth-order valence-electron chi connectivity index (χ4n) is 0.583. The van der Waals surface area contributed by atoms with Crippen LogP contribution in [-0.4, -0.2) is 13.5 Å². The summed E-state index contributed by atoms with van der Waals surface area (Å²) >= 11 is 0. The third-order valence-corrected chi connectivity index (χ3v) is 2.39. The fourth-order valence-corrected chi connectivity index (χ4v) is 1.37. The lowest BCUT2D eigenvalue weighted by atomic mass is 10.4. The Balaban J connectivity index is 0.000000424. The minimum Gasteiger partial charge on any atom is -0.443 e. The molecule has 1 aromatic carbocycles. The molecule has 0 bridgehead atoms. The van der Waals surface area contributed by atoms with E-state index in [0.29, 0.717) is 0 Å². The van der Waals surface area contributed by atoms with E-state index in [-0.39, 0.29) is 4.90 Å². The molecule has 0 unspecified atom stereocenters. The number of halogens is 1. The summed E-state index contributed by atoms with van der Waals surface area (Å²) in [5, 5.41) is 13.8. The molecule has 0 atom stereocenters. The van der Waals surface area contributed by atoms with Crippen LogP contribution < -0.4 is 0 Å². The van der Waals surface area contributed by atoms with Crippen LogP contribution in [0.5, 0.6) is 0 Å². The van der Waals surface area contributed by atoms with E-state index in [1.165, 1.54) is 12.1 Å². The molecular formula is C7H6ClNO3S. The van der Waals surface area contributed by atoms with Crippen LogP contribution in [0, 0.1) is 11.5 Å². The van der Waals surface area contributed by atoms with Gasteiger partial charge in [-0.05, 0) is 12.1 Å². The maximum absolute atomic E-state index is 10.6. The van der Waals surface area contributed by atoms with Crippen LogP contribution in [-0.2, 0) is 9.05 Å². The van der Waals surface area contributed by atoms with Gasteiger partial charge in [0.1, 0.15) is 0 Å². The molecular weight excluding hydrogens is 214 g/mol. The summed E-state index contributed by atoms with van der Waals surface area (Å²) in [5.41, 5.74) is 0. The molecule has 0 saturated heterocycles. The first kappa shape index (κ1) is 11.8. The molecule has 13 heavy (non-hydrogen) atoms. The number of benzene rings is 1. The van der Waals surface area contributed by atoms with E-state index in [0.717, 1.165) is 6.26 Å². The van der Waals surface area contributed by atoms with E-state index in [9.17, 15) is 8.42 Å². The molecule has 0 aliphatic heterocycles. The number of aliphatic hydroxyl groups is 1. The highest BCUT2D eigenvalue weighted by molar-refractivity contribution is 8.13. The van der Waals surface area contributed by atoms with Crippen LogP contribution in [0.2, 0.25) is 0 Å². The Morgan fingerprint density at radius 1 is 1.31 bits per heavy atom. The Bertz CT molecular complexity index is 382. The number of nitrogens with zero attached hydrogens (tertiary/aromatic N) is 1. The van der Waals surface area contributed by atoms with Crippen molar-refractivity contribution in [3.8, 4) is 6.26 Å². The second-order valence-electron chi connectivity index (χ2n) is 1.85. The summed E-state index contributed by atoms with van der Waals surface area (Å²) in [6.45, 7) is 0. The highest BCUT2D eigenvalue weighted by atomic mass is 35.7. The zero-order valence-corrected chi connectivity index (χ0v) is 7.96. The predicted octanol–water partition coefficient (Wildman–Crippen LogP) is 1.45. The molecule has 70 valence electrons. The molecule has 1 N–H and O–H groups in total. The molecule has 0 saturated carbocycles. The smallest absolute Gasteiger partial charge is 0.283 e. The molecule has 0 fully saturated rings. The van der Waals surface area contributed by atoms with Gasteiger partial charge in [-0.3, -0.25) is 0 Å². The molecule has 1 rings (SSSR count). The lowest BCUT2D eigenvalue weighted by Gasteiger charge is -1.91. The SMILES string of the molecule is N#CO.O=S(=O)(Cl)c1ccccc1. The molecule has 0 radical (unpaired) electrons. The first-order chi connectivity index (χ1) is 6.02. The van der Waals surface area contributed by atoms with E-state index in [4.69, 9.17) is 21.1 Å². The molecule has 1 aromatic rings. The molecule has 0 aliphatic rings. The second kappa shape index (κ2) is 5.41. The minimum absolute atomic E-state index is 0.136. The quantitative estimate of drug-likeness (QED) is 0.573. The lowest BCUT2D eigenvalue weighted by Crippen LogP contribution is -1.87. The molecule has 6 heteroatoms. The fraction of sp³-hybridized carbons (Fsp3) is 0. The summed E-state index contributed by atoms with van der Waals surface area (Å²) in [7, 11) is 1.50. The zero-order chi connectivity index (χ0) is 10.3. The molecule has 0 heterocycles. The summed E-state index contributed by atoms with van der Waals surface area (Å²) < 4.78 is 21.2. The summed E-state index contributed by atoms with van der Waals surface area (Å²) in [6.07, 6.45) is 0.750. The summed E-state index contributed by atoms with van der Waals surface area (Å²) in [6, 6.07) is 7.86. The van der Waals surface area contributed by atoms with Gasteiger partial charge in [0, 0.05) is 10.7 Å². The maximum atomic E-state index is 10.6. The van der Waals surface area contributed by atoms with Crippen molar-refractivity contribution < 1.29 is 13.5 Å². The van der Waals surface area contributed by atoms with Crippen molar-refractivity contribution in [2.45, 2.75) is 4.90 Å². The first-order valence-corrected chi connectivity index (χ1v) is 5.36. The highest BCUT2D eigenvalue weighted by Crippen LogP contribution is 2.12. The van der Waals surface area contributed by atoms with E-state index >= 15 is 0 Å². The van der Waals surface area contributed by atoms with Crippen molar-refractivity contribution in [3.63, 3.8) is 0 Å². The van der Waals surface area contributed by atoms with E-state index < -0.39 is 9.05 Å². The van der Waals surface area contributed by atoms with Gasteiger partial charge in [0.25, 0.3) is 15.3 Å². The van der Waals surface area contributed by atoms with E-state index in [1.807, 2.05) is 0 Å². The van der Waals surface area contributed by atoms with Gasteiger partial charge in [0.05, 0.1) is 4.90 Å². The zero-order valence-electron chi connectivity index (χ0n) is 6.38. The normalized spacial score (nSPS) is 9.23. The van der Waals surface area contributed by atoms with Gasteiger partial charge in [-0.15, -0.1) is 0 Å². The van der Waals surface area contributed by atoms with Crippen LogP contribution >= 0.6 is 10.7 Å². The van der Waals surface area contributed by atoms with Crippen molar-refractivity contribution in [1.29, 1.82) is 5.26 Å². The van der Waals surface area contributed by atoms with Gasteiger partial charge < -0.3 is 5.11 Å². The van der Waals surface area contributed by atoms with Crippen molar-refractivity contribution in [1.82, 2.24) is 0 Å². The summed E-state index contributed by atoms with van der Waals surface area (Å²) in [5.74, 6) is 0. The Kier molecular flexibility index (Phi) is 4.89. The van der Waals surface area contributed by atoms with Gasteiger partial charge in [-0.1, -0.05) is 18.2 Å². The van der Waals surface area contributed by atoms with Gasteiger partial charge >= 0.3 is 0 Å². The van der Waals surface area contributed by atoms with Crippen molar-refractivity contribution >= 4 is 19.7 Å². The number of hydrogen-bond donors (Lipinski definition) is 1. The number of nitriles is 1. The van der Waals surface area contributed by atoms with Gasteiger partial charge in [-0.25, -0.2) is 8.42 Å². The Morgan fingerprint density at radius 3 is 1.92 bits per heavy atom. The van der Waals surface area contributed by atoms with Crippen LogP contribution in [0.3, 0.4) is 0 Å². The van der Waals surface area contributed by atoms with E-state index in [2.05, 4.69) is 0 Å². The molecule has 0 spiro atoms. The lowest BCUT2D eigenvalue weighted by molar-refractivity contribution is 0.503. The van der Waals surface area contributed by atoms with Gasteiger partial charge in [-0.2, -0.15) is 5.26 Å². The molecule has 0 amide bonds. The maximum Gasteiger partial charge on any atom is 0.283 e. The van der Waals surface area contributed by atoms with Crippen LogP contribution in [0.1, 0.15) is 0 Å². The first-order valence-electron chi connectivity index (χ1n) is 3.05. The monoisotopic (exact) mass is 219 g/mol. The largest absolute Gasteiger partial charge is 0.443 e. The van der Waals surface area contributed by atoms with Crippen LogP contribution in [0.25, 0.3) is 0 Å². The van der Waals surface area contributed by atoms with Gasteiger partial charge in [0.15, 0.2) is 0 Å². The molecule has 0 aromatic heterocycles. The molecule has 0 aliphatic carbocycles. The number of hydrogen-bond acceptors (Lipinski definition) is 4. The summed E-state index contributed by atoms with van der Waals surface area (Å²) in [4.78, 5) is 0.136. The topological polar surface area (TPSA) is 78.2 Å². The molecule has 4 nitrogen and oxygen atoms in total. The standard InChI is InChI=1S/C6H5ClO2S.CHNO/c7-10(8,9)6-4-2-1-3-5-6;2-1-3/h1-5H;3H. The van der Waals surface area contributed by atoms with Gasteiger partial charge in [0.2, 0.25) is 0 Å². The van der Waals surface area contributed by atoms with Crippen molar-refractivity contribution in [2.75, 3.05) is 0 Å². The Hall–Kier alpha value is -1.25. The highest BCUT2D eigenvalue weighted by Gasteiger charge is 2.06. The van der Waals surface area contributed by atoms with Crippen LogP contribution in [0.15, 0.2) is 35.2 Å². The van der Waals surface area contributed by atoms with Crippen LogP contribution in [0.4, 0.5) is 0 Å². The average Bonchev–Trinajstić information content (AvgIpc) is 2.06. The van der Waals surface area contributed by atoms with E-state index in [1.54, 1.807) is 18.2 Å².